The van der Waals surface area contributed by atoms with Gasteiger partial charge in [-0.3, -0.25) is 4.79 Å². The van der Waals surface area contributed by atoms with Crippen molar-refractivity contribution < 1.29 is 24.2 Å². The van der Waals surface area contributed by atoms with Crippen molar-refractivity contribution in [2.75, 3.05) is 19.5 Å². The fraction of sp³-hybridized carbons (Fsp3) is 0.125. The number of methoxy groups -OCH3 is 2. The molecule has 0 heterocycles. The van der Waals surface area contributed by atoms with E-state index in [4.69, 9.17) is 9.47 Å². The summed E-state index contributed by atoms with van der Waals surface area (Å²) in [5.41, 5.74) is 0.351. The van der Waals surface area contributed by atoms with E-state index < -0.39 is 11.9 Å². The van der Waals surface area contributed by atoms with E-state index in [1.165, 1.54) is 38.5 Å². The van der Waals surface area contributed by atoms with Crippen LogP contribution in [0.4, 0.5) is 5.69 Å². The maximum Gasteiger partial charge on any atom is 0.255 e. The molecule has 0 fully saturated rings. The highest BCUT2D eigenvalue weighted by Crippen LogP contribution is 2.23. The minimum absolute atomic E-state index is 0.0919. The number of aromatic carboxylic acids is 1. The molecular formula is C16H14NO5-. The second-order valence-corrected chi connectivity index (χ2v) is 4.39. The van der Waals surface area contributed by atoms with Crippen LogP contribution in [0.15, 0.2) is 42.5 Å². The lowest BCUT2D eigenvalue weighted by Crippen LogP contribution is -2.24. The maximum atomic E-state index is 12.3. The number of rotatable bonds is 5. The molecule has 0 spiro atoms. The number of nitrogens with one attached hydrogen (secondary N) is 1. The third-order valence-electron chi connectivity index (χ3n) is 3.01. The smallest absolute Gasteiger partial charge is 0.255 e. The van der Waals surface area contributed by atoms with Crippen molar-refractivity contribution in [3.63, 3.8) is 0 Å². The summed E-state index contributed by atoms with van der Waals surface area (Å²) in [5.74, 6) is -0.930. The molecule has 22 heavy (non-hydrogen) atoms. The quantitative estimate of drug-likeness (QED) is 0.899. The minimum atomic E-state index is -1.36. The summed E-state index contributed by atoms with van der Waals surface area (Å²) in [7, 11) is 2.95. The number of ether oxygens (including phenoxy) is 2. The molecule has 6 nitrogen and oxygen atoms in total. The molecule has 2 rings (SSSR count). The van der Waals surface area contributed by atoms with Crippen molar-refractivity contribution in [2.45, 2.75) is 0 Å². The van der Waals surface area contributed by atoms with Gasteiger partial charge in [-0.2, -0.15) is 0 Å². The van der Waals surface area contributed by atoms with E-state index in [0.717, 1.165) is 0 Å². The number of amides is 1. The van der Waals surface area contributed by atoms with Crippen LogP contribution < -0.4 is 19.9 Å². The maximum absolute atomic E-state index is 12.3. The Hall–Kier alpha value is -3.02. The third-order valence-corrected chi connectivity index (χ3v) is 3.01. The van der Waals surface area contributed by atoms with E-state index in [1.54, 1.807) is 18.2 Å². The summed E-state index contributed by atoms with van der Waals surface area (Å²) in [6.07, 6.45) is 0. The van der Waals surface area contributed by atoms with Crippen LogP contribution in [0.5, 0.6) is 11.5 Å². The fourth-order valence-electron chi connectivity index (χ4n) is 1.90. The number of anilines is 1. The highest BCUT2D eigenvalue weighted by atomic mass is 16.5. The van der Waals surface area contributed by atoms with Crippen molar-refractivity contribution in [1.82, 2.24) is 0 Å². The summed E-state index contributed by atoms with van der Waals surface area (Å²) < 4.78 is 10.2. The van der Waals surface area contributed by atoms with E-state index >= 15 is 0 Å². The number of carboxylic acids is 1. The topological polar surface area (TPSA) is 87.7 Å². The van der Waals surface area contributed by atoms with Gasteiger partial charge in [0.05, 0.1) is 25.9 Å². The Morgan fingerprint density at radius 2 is 1.59 bits per heavy atom. The molecule has 0 aliphatic heterocycles. The zero-order chi connectivity index (χ0) is 16.1. The molecule has 0 bridgehead atoms. The van der Waals surface area contributed by atoms with Crippen molar-refractivity contribution in [1.29, 1.82) is 0 Å². The number of carboxylic acid groups (broad SMARTS) is 1. The predicted molar refractivity (Wildman–Crippen MR) is 78.3 cm³/mol. The first-order chi connectivity index (χ1) is 10.5. The van der Waals surface area contributed by atoms with Crippen molar-refractivity contribution in [2.24, 2.45) is 0 Å². The molecule has 0 radical (unpaired) electrons. The number of benzene rings is 2. The van der Waals surface area contributed by atoms with Gasteiger partial charge in [-0.25, -0.2) is 0 Å². The van der Waals surface area contributed by atoms with Gasteiger partial charge in [0.1, 0.15) is 11.5 Å². The molecule has 2 aromatic rings. The van der Waals surface area contributed by atoms with Crippen molar-refractivity contribution >= 4 is 17.6 Å². The zero-order valence-electron chi connectivity index (χ0n) is 12.1. The van der Waals surface area contributed by atoms with Crippen LogP contribution >= 0.6 is 0 Å². The molecule has 2 aromatic carbocycles. The van der Waals surface area contributed by atoms with Crippen LogP contribution in [0.2, 0.25) is 0 Å². The lowest BCUT2D eigenvalue weighted by atomic mass is 10.1. The molecule has 0 saturated heterocycles. The first-order valence-electron chi connectivity index (χ1n) is 6.40. The molecule has 0 aromatic heterocycles. The average molecular weight is 300 g/mol. The second kappa shape index (κ2) is 6.62. The van der Waals surface area contributed by atoms with Gasteiger partial charge in [-0.05, 0) is 18.2 Å². The Balaban J connectivity index is 2.32. The first-order valence-corrected chi connectivity index (χ1v) is 6.40. The molecule has 0 aliphatic carbocycles. The van der Waals surface area contributed by atoms with Crippen LogP contribution in [0.25, 0.3) is 0 Å². The molecule has 1 amide bonds. The van der Waals surface area contributed by atoms with Gasteiger partial charge in [-0.15, -0.1) is 0 Å². The Morgan fingerprint density at radius 1 is 1.00 bits per heavy atom. The highest BCUT2D eigenvalue weighted by molar-refractivity contribution is 6.07. The van der Waals surface area contributed by atoms with Crippen LogP contribution in [-0.2, 0) is 0 Å². The molecule has 6 heteroatoms. The number of hydrogen-bond donors (Lipinski definition) is 1. The van der Waals surface area contributed by atoms with Crippen LogP contribution in [-0.4, -0.2) is 26.1 Å². The summed E-state index contributed by atoms with van der Waals surface area (Å²) in [4.78, 5) is 23.3. The zero-order valence-corrected chi connectivity index (χ0v) is 12.1. The normalized spacial score (nSPS) is 9.91. The van der Waals surface area contributed by atoms with Gasteiger partial charge in [0, 0.05) is 17.2 Å². The van der Waals surface area contributed by atoms with Gasteiger partial charge in [0.15, 0.2) is 0 Å². The van der Waals surface area contributed by atoms with E-state index in [2.05, 4.69) is 5.32 Å². The standard InChI is InChI=1S/C16H15NO5/c1-21-11-7-10(8-12(9-11)22-2)15(18)17-14-6-4-3-5-13(14)16(19)20/h3-9H,1-2H3,(H,17,18)(H,19,20)/p-1. The largest absolute Gasteiger partial charge is 0.545 e. The summed E-state index contributed by atoms with van der Waals surface area (Å²) in [5, 5.41) is 13.6. The van der Waals surface area contributed by atoms with Gasteiger partial charge >= 0.3 is 0 Å². The summed E-state index contributed by atoms with van der Waals surface area (Å²) >= 11 is 0. The molecule has 1 N–H and O–H groups in total. The Kier molecular flexibility index (Phi) is 4.63. The second-order valence-electron chi connectivity index (χ2n) is 4.39. The minimum Gasteiger partial charge on any atom is -0.545 e. The van der Waals surface area contributed by atoms with Crippen LogP contribution in [0.1, 0.15) is 20.7 Å². The Labute approximate surface area is 127 Å². The van der Waals surface area contributed by atoms with E-state index in [0.29, 0.717) is 11.5 Å². The van der Waals surface area contributed by atoms with Gasteiger partial charge in [0.2, 0.25) is 0 Å². The van der Waals surface area contributed by atoms with Crippen LogP contribution in [0, 0.1) is 0 Å². The molecule has 0 unspecified atom stereocenters. The fourth-order valence-corrected chi connectivity index (χ4v) is 1.90. The molecule has 114 valence electrons. The third kappa shape index (κ3) is 3.35. The molecule has 0 saturated carbocycles. The highest BCUT2D eigenvalue weighted by Gasteiger charge is 2.12. The van der Waals surface area contributed by atoms with E-state index in [-0.39, 0.29) is 16.8 Å². The SMILES string of the molecule is COc1cc(OC)cc(C(=O)Nc2ccccc2C(=O)[O-])c1. The predicted octanol–water partition coefficient (Wildman–Crippen LogP) is 1.32. The number of hydrogen-bond acceptors (Lipinski definition) is 5. The Morgan fingerprint density at radius 3 is 2.14 bits per heavy atom. The lowest BCUT2D eigenvalue weighted by Gasteiger charge is -2.12. The van der Waals surface area contributed by atoms with Gasteiger partial charge in [-0.1, -0.05) is 18.2 Å². The van der Waals surface area contributed by atoms with Gasteiger partial charge in [0.25, 0.3) is 5.91 Å². The Bertz CT molecular complexity index is 689. The van der Waals surface area contributed by atoms with Crippen molar-refractivity contribution in [3.8, 4) is 11.5 Å². The number of para-hydroxylation sites is 1. The first kappa shape index (κ1) is 15.4. The van der Waals surface area contributed by atoms with E-state index in [1.807, 2.05) is 0 Å². The summed E-state index contributed by atoms with van der Waals surface area (Å²) in [6, 6.07) is 10.7. The lowest BCUT2D eigenvalue weighted by molar-refractivity contribution is -0.254. The molecule has 0 atom stereocenters. The average Bonchev–Trinajstić information content (AvgIpc) is 2.54. The monoisotopic (exact) mass is 300 g/mol. The summed E-state index contributed by atoms with van der Waals surface area (Å²) in [6.45, 7) is 0. The van der Waals surface area contributed by atoms with E-state index in [9.17, 15) is 14.7 Å². The number of carbonyl (C=O) groups is 2. The molecular weight excluding hydrogens is 286 g/mol. The van der Waals surface area contributed by atoms with Crippen LogP contribution in [0.3, 0.4) is 0 Å². The molecule has 0 aliphatic rings. The van der Waals surface area contributed by atoms with Crippen molar-refractivity contribution in [3.05, 3.63) is 53.6 Å². The van der Waals surface area contributed by atoms with Gasteiger partial charge < -0.3 is 24.7 Å². The number of carbonyl (C=O) groups excluding carboxylic acids is 2.